The number of nitrogens with one attached hydrogen (secondary N) is 2. The zero-order valence-electron chi connectivity index (χ0n) is 17.4. The molecule has 0 spiro atoms. The van der Waals surface area contributed by atoms with Crippen molar-refractivity contribution in [3.63, 3.8) is 0 Å². The molecule has 30 heavy (non-hydrogen) atoms. The number of rotatable bonds is 5. The second kappa shape index (κ2) is 10.2. The Morgan fingerprint density at radius 1 is 0.967 bits per heavy atom. The summed E-state index contributed by atoms with van der Waals surface area (Å²) < 4.78 is 0. The lowest BCUT2D eigenvalue weighted by atomic mass is 10.1. The Labute approximate surface area is 183 Å². The van der Waals surface area contributed by atoms with Gasteiger partial charge in [0.05, 0.1) is 0 Å². The number of benzene rings is 2. The van der Waals surface area contributed by atoms with Crippen LogP contribution in [0.25, 0.3) is 0 Å². The van der Waals surface area contributed by atoms with Crippen LogP contribution in [0.1, 0.15) is 30.6 Å². The Morgan fingerprint density at radius 2 is 1.60 bits per heavy atom. The molecule has 1 fully saturated rings. The van der Waals surface area contributed by atoms with Gasteiger partial charge in [-0.2, -0.15) is 0 Å². The van der Waals surface area contributed by atoms with E-state index in [4.69, 9.17) is 12.2 Å². The molecule has 1 aliphatic heterocycles. The Kier molecular flexibility index (Phi) is 7.41. The summed E-state index contributed by atoms with van der Waals surface area (Å²) in [5, 5.41) is 5.98. The fraction of sp³-hybridized carbons (Fsp3) is 0.348. The average molecular weight is 425 g/mol. The first-order valence-corrected chi connectivity index (χ1v) is 10.6. The van der Waals surface area contributed by atoms with Gasteiger partial charge < -0.3 is 15.1 Å². The standard InChI is InChI=1S/C23H28N4O2S/c1-17(2)16-21(28)27-14-12-26(13-15-27)20-10-8-19(9-11-20)24-23(30)25-22(29)18-6-4-3-5-7-18/h3-11,17H,12-16H2,1-2H3,(H2,24,25,29,30). The van der Waals surface area contributed by atoms with Gasteiger partial charge >= 0.3 is 0 Å². The number of anilines is 2. The summed E-state index contributed by atoms with van der Waals surface area (Å²) in [6.45, 7) is 7.29. The molecule has 1 heterocycles. The van der Waals surface area contributed by atoms with Gasteiger partial charge in [0.1, 0.15) is 0 Å². The van der Waals surface area contributed by atoms with Crippen LogP contribution < -0.4 is 15.5 Å². The first kappa shape index (κ1) is 21.8. The third-order valence-electron chi connectivity index (χ3n) is 4.97. The maximum absolute atomic E-state index is 12.2. The molecule has 7 heteroatoms. The van der Waals surface area contributed by atoms with E-state index in [0.717, 1.165) is 37.6 Å². The van der Waals surface area contributed by atoms with E-state index in [2.05, 4.69) is 29.4 Å². The first-order chi connectivity index (χ1) is 14.4. The lowest BCUT2D eigenvalue weighted by Crippen LogP contribution is -2.49. The SMILES string of the molecule is CC(C)CC(=O)N1CCN(c2ccc(NC(=S)NC(=O)c3ccccc3)cc2)CC1. The molecule has 0 atom stereocenters. The Bertz CT molecular complexity index is 876. The van der Waals surface area contributed by atoms with Crippen LogP contribution in [0.15, 0.2) is 54.6 Å². The maximum atomic E-state index is 12.2. The highest BCUT2D eigenvalue weighted by Gasteiger charge is 2.21. The van der Waals surface area contributed by atoms with Gasteiger partial charge in [0.15, 0.2) is 5.11 Å². The second-order valence-corrected chi connectivity index (χ2v) is 8.20. The lowest BCUT2D eigenvalue weighted by Gasteiger charge is -2.36. The van der Waals surface area contributed by atoms with E-state index in [9.17, 15) is 9.59 Å². The van der Waals surface area contributed by atoms with Crippen LogP contribution in [0.3, 0.4) is 0 Å². The Hall–Kier alpha value is -2.93. The van der Waals surface area contributed by atoms with Crippen LogP contribution in [-0.2, 0) is 4.79 Å². The summed E-state index contributed by atoms with van der Waals surface area (Å²) in [7, 11) is 0. The Morgan fingerprint density at radius 3 is 2.20 bits per heavy atom. The number of carbonyl (C=O) groups is 2. The molecule has 2 aromatic rings. The quantitative estimate of drug-likeness (QED) is 0.719. The van der Waals surface area contributed by atoms with Gasteiger partial charge in [0.2, 0.25) is 5.91 Å². The molecular formula is C23H28N4O2S. The summed E-state index contributed by atoms with van der Waals surface area (Å²) >= 11 is 5.25. The molecule has 0 radical (unpaired) electrons. The van der Waals surface area contributed by atoms with E-state index in [1.165, 1.54) is 0 Å². The Balaban J connectivity index is 1.49. The fourth-order valence-corrected chi connectivity index (χ4v) is 3.59. The molecule has 158 valence electrons. The molecule has 0 unspecified atom stereocenters. The van der Waals surface area contributed by atoms with Crippen LogP contribution in [0, 0.1) is 5.92 Å². The van der Waals surface area contributed by atoms with Crippen LogP contribution in [0.4, 0.5) is 11.4 Å². The van der Waals surface area contributed by atoms with Crippen molar-refractivity contribution in [2.75, 3.05) is 36.4 Å². The number of piperazine rings is 1. The number of carbonyl (C=O) groups excluding carboxylic acids is 2. The molecule has 0 aromatic heterocycles. The minimum Gasteiger partial charge on any atom is -0.368 e. The maximum Gasteiger partial charge on any atom is 0.257 e. The first-order valence-electron chi connectivity index (χ1n) is 10.2. The number of nitrogens with zero attached hydrogens (tertiary/aromatic N) is 2. The number of hydrogen-bond acceptors (Lipinski definition) is 4. The minimum atomic E-state index is -0.241. The lowest BCUT2D eigenvalue weighted by molar-refractivity contribution is -0.132. The van der Waals surface area contributed by atoms with Crippen molar-refractivity contribution in [3.05, 3.63) is 60.2 Å². The summed E-state index contributed by atoms with van der Waals surface area (Å²) in [4.78, 5) is 28.6. The molecule has 2 N–H and O–H groups in total. The van der Waals surface area contributed by atoms with Crippen LogP contribution >= 0.6 is 12.2 Å². The number of hydrogen-bond donors (Lipinski definition) is 2. The van der Waals surface area contributed by atoms with E-state index in [0.29, 0.717) is 17.9 Å². The minimum absolute atomic E-state index is 0.241. The normalized spacial score (nSPS) is 13.8. The summed E-state index contributed by atoms with van der Waals surface area (Å²) in [5.74, 6) is 0.393. The predicted octanol–water partition coefficient (Wildman–Crippen LogP) is 3.51. The highest BCUT2D eigenvalue weighted by atomic mass is 32.1. The van der Waals surface area contributed by atoms with Gasteiger partial charge in [-0.25, -0.2) is 0 Å². The van der Waals surface area contributed by atoms with Gasteiger partial charge in [0.25, 0.3) is 5.91 Å². The van der Waals surface area contributed by atoms with Crippen molar-refractivity contribution < 1.29 is 9.59 Å². The van der Waals surface area contributed by atoms with Crippen molar-refractivity contribution >= 4 is 40.5 Å². The van der Waals surface area contributed by atoms with Crippen molar-refractivity contribution in [1.29, 1.82) is 0 Å². The zero-order chi connectivity index (χ0) is 21.5. The van der Waals surface area contributed by atoms with Crippen LogP contribution in [0.5, 0.6) is 0 Å². The van der Waals surface area contributed by atoms with Gasteiger partial charge in [-0.05, 0) is 54.5 Å². The third kappa shape index (κ3) is 6.03. The van der Waals surface area contributed by atoms with E-state index in [-0.39, 0.29) is 16.9 Å². The smallest absolute Gasteiger partial charge is 0.257 e. The molecule has 0 aliphatic carbocycles. The molecule has 2 amide bonds. The molecule has 3 rings (SSSR count). The van der Waals surface area contributed by atoms with Gasteiger partial charge in [0, 0.05) is 49.5 Å². The molecule has 2 aromatic carbocycles. The molecule has 0 saturated carbocycles. The van der Waals surface area contributed by atoms with E-state index >= 15 is 0 Å². The van der Waals surface area contributed by atoms with Crippen LogP contribution in [0.2, 0.25) is 0 Å². The van der Waals surface area contributed by atoms with E-state index in [1.807, 2.05) is 47.4 Å². The molecule has 1 aliphatic rings. The molecule has 1 saturated heterocycles. The second-order valence-electron chi connectivity index (χ2n) is 7.79. The fourth-order valence-electron chi connectivity index (χ4n) is 3.38. The van der Waals surface area contributed by atoms with Crippen molar-refractivity contribution in [3.8, 4) is 0 Å². The molecular weight excluding hydrogens is 396 g/mol. The summed E-state index contributed by atoms with van der Waals surface area (Å²) in [6.07, 6.45) is 0.612. The largest absolute Gasteiger partial charge is 0.368 e. The topological polar surface area (TPSA) is 64.7 Å². The highest BCUT2D eigenvalue weighted by Crippen LogP contribution is 2.20. The third-order valence-corrected chi connectivity index (χ3v) is 5.17. The zero-order valence-corrected chi connectivity index (χ0v) is 18.2. The number of amides is 2. The monoisotopic (exact) mass is 424 g/mol. The predicted molar refractivity (Wildman–Crippen MR) is 125 cm³/mol. The van der Waals surface area contributed by atoms with Gasteiger partial charge in [-0.1, -0.05) is 32.0 Å². The van der Waals surface area contributed by atoms with Crippen molar-refractivity contribution in [1.82, 2.24) is 10.2 Å². The molecule has 6 nitrogen and oxygen atoms in total. The van der Waals surface area contributed by atoms with Gasteiger partial charge in [-0.3, -0.25) is 14.9 Å². The van der Waals surface area contributed by atoms with E-state index < -0.39 is 0 Å². The summed E-state index contributed by atoms with van der Waals surface area (Å²) in [5.41, 5.74) is 2.47. The van der Waals surface area contributed by atoms with Crippen LogP contribution in [-0.4, -0.2) is 48.0 Å². The van der Waals surface area contributed by atoms with Crippen molar-refractivity contribution in [2.45, 2.75) is 20.3 Å². The highest BCUT2D eigenvalue weighted by molar-refractivity contribution is 7.80. The summed E-state index contributed by atoms with van der Waals surface area (Å²) in [6, 6.07) is 16.9. The average Bonchev–Trinajstić information content (AvgIpc) is 2.74. The van der Waals surface area contributed by atoms with E-state index in [1.54, 1.807) is 12.1 Å². The molecule has 0 bridgehead atoms. The van der Waals surface area contributed by atoms with Gasteiger partial charge in [-0.15, -0.1) is 0 Å². The number of thiocarbonyl (C=S) groups is 1. The van der Waals surface area contributed by atoms with Crippen molar-refractivity contribution in [2.24, 2.45) is 5.92 Å².